The summed E-state index contributed by atoms with van der Waals surface area (Å²) >= 11 is 0. The zero-order chi connectivity index (χ0) is 20.7. The summed E-state index contributed by atoms with van der Waals surface area (Å²) < 4.78 is 25.9. The molecule has 1 aliphatic rings. The number of hydrogen-bond acceptors (Lipinski definition) is 10. The molecule has 2 unspecified atom stereocenters. The Bertz CT molecular complexity index is 604. The summed E-state index contributed by atoms with van der Waals surface area (Å²) in [6.07, 6.45) is -4.97. The van der Waals surface area contributed by atoms with Crippen molar-refractivity contribution >= 4 is 29.8 Å². The van der Waals surface area contributed by atoms with Crippen LogP contribution < -0.4 is 5.32 Å². The van der Waals surface area contributed by atoms with E-state index >= 15 is 0 Å². The van der Waals surface area contributed by atoms with E-state index in [1.54, 1.807) is 0 Å². The van der Waals surface area contributed by atoms with Gasteiger partial charge in [0.15, 0.2) is 12.2 Å². The number of ether oxygens (including phenoxy) is 5. The van der Waals surface area contributed by atoms with Crippen molar-refractivity contribution in [2.24, 2.45) is 0 Å². The summed E-state index contributed by atoms with van der Waals surface area (Å²) in [5.74, 6) is -3.34. The lowest BCUT2D eigenvalue weighted by atomic mass is 9.96. The van der Waals surface area contributed by atoms with E-state index in [0.717, 1.165) is 27.7 Å². The Labute approximate surface area is 155 Å². The molecule has 0 saturated carbocycles. The van der Waals surface area contributed by atoms with Crippen LogP contribution in [0.2, 0.25) is 0 Å². The zero-order valence-electron chi connectivity index (χ0n) is 15.7. The quantitative estimate of drug-likeness (QED) is 0.453. The second-order valence-corrected chi connectivity index (χ2v) is 5.83. The maximum atomic E-state index is 11.6. The summed E-state index contributed by atoms with van der Waals surface area (Å²) in [5, 5.41) is 2.46. The van der Waals surface area contributed by atoms with Crippen molar-refractivity contribution in [2.75, 3.05) is 6.61 Å². The van der Waals surface area contributed by atoms with Crippen molar-refractivity contribution < 1.29 is 47.7 Å². The molecule has 152 valence electrons. The molecule has 1 heterocycles. The number of carbonyl (C=O) groups is 5. The van der Waals surface area contributed by atoms with Gasteiger partial charge in [0.2, 0.25) is 12.2 Å². The minimum Gasteiger partial charge on any atom is -0.463 e. The molecule has 27 heavy (non-hydrogen) atoms. The number of amides is 1. The standard InChI is InChI=1S/C16H23NO10/c1-7(18)17-13-15(25-10(4)21)14(24-9(3)20)12(6-23-8(2)19)27-16(13)26-11(5)22/h12-16H,6H2,1-5H3,(H,17,18)/t12?,13?,14-,15-,16-/m1/s1. The SMILES string of the molecule is CC(=O)NC1[C@H](OC(C)=O)OC(COC(C)=O)[C@@H](OC(C)=O)[C@@H]1OC(C)=O. The molecule has 11 nitrogen and oxygen atoms in total. The zero-order valence-corrected chi connectivity index (χ0v) is 15.7. The summed E-state index contributed by atoms with van der Waals surface area (Å²) in [6.45, 7) is 5.36. The fourth-order valence-electron chi connectivity index (χ4n) is 2.55. The topological polar surface area (TPSA) is 144 Å². The highest BCUT2D eigenvalue weighted by Gasteiger charge is 2.52. The van der Waals surface area contributed by atoms with Crippen LogP contribution in [0.4, 0.5) is 0 Å². The molecular formula is C16H23NO10. The van der Waals surface area contributed by atoms with E-state index in [0.29, 0.717) is 0 Å². The number of nitrogens with one attached hydrogen (secondary N) is 1. The van der Waals surface area contributed by atoms with Crippen molar-refractivity contribution in [3.05, 3.63) is 0 Å². The van der Waals surface area contributed by atoms with Crippen molar-refractivity contribution in [2.45, 2.75) is 65.3 Å². The molecule has 1 fully saturated rings. The molecule has 1 saturated heterocycles. The first-order valence-corrected chi connectivity index (χ1v) is 8.08. The molecule has 0 aromatic rings. The molecule has 0 spiro atoms. The predicted molar refractivity (Wildman–Crippen MR) is 85.8 cm³/mol. The molecule has 11 heteroatoms. The molecule has 0 aromatic heterocycles. The second-order valence-electron chi connectivity index (χ2n) is 5.83. The van der Waals surface area contributed by atoms with Gasteiger partial charge in [0.1, 0.15) is 18.8 Å². The highest BCUT2D eigenvalue weighted by atomic mass is 16.7. The molecule has 0 bridgehead atoms. The highest BCUT2D eigenvalue weighted by Crippen LogP contribution is 2.28. The Hall–Kier alpha value is -2.69. The lowest BCUT2D eigenvalue weighted by Gasteiger charge is -2.44. The van der Waals surface area contributed by atoms with Gasteiger partial charge in [-0.25, -0.2) is 0 Å². The van der Waals surface area contributed by atoms with Gasteiger partial charge < -0.3 is 29.0 Å². The van der Waals surface area contributed by atoms with Crippen LogP contribution in [-0.2, 0) is 47.7 Å². The van der Waals surface area contributed by atoms with Crippen LogP contribution in [0.15, 0.2) is 0 Å². The fourth-order valence-corrected chi connectivity index (χ4v) is 2.55. The van der Waals surface area contributed by atoms with Crippen LogP contribution in [0.5, 0.6) is 0 Å². The van der Waals surface area contributed by atoms with Crippen LogP contribution in [0.1, 0.15) is 34.6 Å². The van der Waals surface area contributed by atoms with Crippen molar-refractivity contribution in [1.29, 1.82) is 0 Å². The number of hydrogen-bond donors (Lipinski definition) is 1. The van der Waals surface area contributed by atoms with E-state index in [4.69, 9.17) is 23.7 Å². The van der Waals surface area contributed by atoms with E-state index < -0.39 is 60.4 Å². The molecular weight excluding hydrogens is 366 g/mol. The number of esters is 4. The van der Waals surface area contributed by atoms with Crippen LogP contribution in [0, 0.1) is 0 Å². The van der Waals surface area contributed by atoms with Crippen molar-refractivity contribution in [1.82, 2.24) is 5.32 Å². The molecule has 1 aliphatic heterocycles. The number of carbonyl (C=O) groups excluding carboxylic acids is 5. The lowest BCUT2D eigenvalue weighted by molar-refractivity contribution is -0.270. The average Bonchev–Trinajstić information content (AvgIpc) is 2.49. The van der Waals surface area contributed by atoms with E-state index in [-0.39, 0.29) is 6.61 Å². The fraction of sp³-hybridized carbons (Fsp3) is 0.688. The van der Waals surface area contributed by atoms with Crippen LogP contribution in [0.25, 0.3) is 0 Å². The first-order valence-electron chi connectivity index (χ1n) is 8.08. The smallest absolute Gasteiger partial charge is 0.305 e. The minimum atomic E-state index is -1.37. The van der Waals surface area contributed by atoms with Gasteiger partial charge in [-0.3, -0.25) is 24.0 Å². The van der Waals surface area contributed by atoms with Crippen LogP contribution in [0.3, 0.4) is 0 Å². The average molecular weight is 389 g/mol. The van der Waals surface area contributed by atoms with Gasteiger partial charge in [0.25, 0.3) is 0 Å². The Morgan fingerprint density at radius 1 is 0.778 bits per heavy atom. The molecule has 0 aliphatic carbocycles. The van der Waals surface area contributed by atoms with E-state index in [1.807, 2.05) is 0 Å². The largest absolute Gasteiger partial charge is 0.463 e. The Balaban J connectivity index is 3.29. The molecule has 1 amide bonds. The van der Waals surface area contributed by atoms with Gasteiger partial charge in [-0.15, -0.1) is 0 Å². The predicted octanol–water partition coefficient (Wildman–Crippen LogP) is -0.794. The van der Waals surface area contributed by atoms with E-state index in [1.165, 1.54) is 6.92 Å². The number of rotatable bonds is 6. The van der Waals surface area contributed by atoms with E-state index in [2.05, 4.69) is 5.32 Å². The van der Waals surface area contributed by atoms with Gasteiger partial charge >= 0.3 is 23.9 Å². The van der Waals surface area contributed by atoms with Crippen LogP contribution in [-0.4, -0.2) is 67.0 Å². The van der Waals surface area contributed by atoms with Gasteiger partial charge in [0.05, 0.1) is 0 Å². The molecule has 5 atom stereocenters. The van der Waals surface area contributed by atoms with E-state index in [9.17, 15) is 24.0 Å². The Morgan fingerprint density at radius 3 is 1.74 bits per heavy atom. The molecule has 0 radical (unpaired) electrons. The second kappa shape index (κ2) is 9.86. The monoisotopic (exact) mass is 389 g/mol. The normalized spacial score (nSPS) is 27.1. The Morgan fingerprint density at radius 2 is 1.30 bits per heavy atom. The third-order valence-corrected chi connectivity index (χ3v) is 3.35. The summed E-state index contributed by atoms with van der Waals surface area (Å²) in [7, 11) is 0. The maximum absolute atomic E-state index is 11.6. The third kappa shape index (κ3) is 7.21. The molecule has 0 aromatic carbocycles. The van der Waals surface area contributed by atoms with Crippen molar-refractivity contribution in [3.63, 3.8) is 0 Å². The van der Waals surface area contributed by atoms with Crippen LogP contribution >= 0.6 is 0 Å². The first kappa shape index (κ1) is 22.4. The third-order valence-electron chi connectivity index (χ3n) is 3.35. The van der Waals surface area contributed by atoms with Crippen molar-refractivity contribution in [3.8, 4) is 0 Å². The summed E-state index contributed by atoms with van der Waals surface area (Å²) in [6, 6.07) is -1.16. The molecule has 1 rings (SSSR count). The maximum Gasteiger partial charge on any atom is 0.305 e. The van der Waals surface area contributed by atoms with Gasteiger partial charge in [-0.1, -0.05) is 0 Å². The van der Waals surface area contributed by atoms with Gasteiger partial charge in [-0.2, -0.15) is 0 Å². The summed E-state index contributed by atoms with van der Waals surface area (Å²) in [4.78, 5) is 57.2. The summed E-state index contributed by atoms with van der Waals surface area (Å²) in [5.41, 5.74) is 0. The highest BCUT2D eigenvalue weighted by molar-refractivity contribution is 5.74. The Kier molecular flexibility index (Phi) is 8.16. The van der Waals surface area contributed by atoms with Gasteiger partial charge in [0, 0.05) is 34.6 Å². The lowest BCUT2D eigenvalue weighted by Crippen LogP contribution is -2.66. The first-order chi connectivity index (χ1) is 12.5. The van der Waals surface area contributed by atoms with Gasteiger partial charge in [-0.05, 0) is 0 Å². The molecule has 1 N–H and O–H groups in total. The minimum absolute atomic E-state index is 0.365.